The third-order valence-electron chi connectivity index (χ3n) is 4.58. The Labute approximate surface area is 190 Å². The number of hydrogen-bond acceptors (Lipinski definition) is 5. The number of nitrogens with one attached hydrogen (secondary N) is 2. The minimum absolute atomic E-state index is 0.127. The lowest BCUT2D eigenvalue weighted by Crippen LogP contribution is -2.17. The van der Waals surface area contributed by atoms with Crippen molar-refractivity contribution in [3.63, 3.8) is 0 Å². The van der Waals surface area contributed by atoms with Crippen LogP contribution in [-0.2, 0) is 10.0 Å². The number of ether oxygens (including phenoxy) is 2. The highest BCUT2D eigenvalue weighted by atomic mass is 35.5. The van der Waals surface area contributed by atoms with Gasteiger partial charge in [0.1, 0.15) is 17.3 Å². The van der Waals surface area contributed by atoms with Gasteiger partial charge < -0.3 is 14.8 Å². The third-order valence-corrected chi connectivity index (χ3v) is 6.26. The van der Waals surface area contributed by atoms with Gasteiger partial charge in [-0.2, -0.15) is 0 Å². The molecule has 0 aliphatic heterocycles. The third kappa shape index (κ3) is 5.12. The molecule has 2 N–H and O–H groups in total. The van der Waals surface area contributed by atoms with Crippen molar-refractivity contribution >= 4 is 38.9 Å². The van der Waals surface area contributed by atoms with E-state index in [9.17, 15) is 17.6 Å². The van der Waals surface area contributed by atoms with Gasteiger partial charge in [0.25, 0.3) is 15.9 Å². The Kier molecular flexibility index (Phi) is 6.90. The summed E-state index contributed by atoms with van der Waals surface area (Å²) in [5, 5.41) is 3.00. The van der Waals surface area contributed by atoms with E-state index in [1.54, 1.807) is 6.92 Å². The van der Waals surface area contributed by atoms with E-state index >= 15 is 0 Å². The molecule has 0 bridgehead atoms. The average Bonchev–Trinajstić information content (AvgIpc) is 2.76. The van der Waals surface area contributed by atoms with Crippen molar-refractivity contribution in [2.24, 2.45) is 0 Å². The Morgan fingerprint density at radius 3 is 2.25 bits per heavy atom. The molecule has 0 unspecified atom stereocenters. The number of methoxy groups -OCH3 is 2. The number of benzene rings is 3. The fourth-order valence-corrected chi connectivity index (χ4v) is 4.21. The zero-order valence-electron chi connectivity index (χ0n) is 17.4. The number of rotatable bonds is 7. The zero-order chi connectivity index (χ0) is 23.5. The molecule has 3 aromatic rings. The lowest BCUT2D eigenvalue weighted by atomic mass is 10.1. The van der Waals surface area contributed by atoms with E-state index in [-0.39, 0.29) is 16.1 Å². The fourth-order valence-electron chi connectivity index (χ4n) is 2.89. The second-order valence-electron chi connectivity index (χ2n) is 6.73. The van der Waals surface area contributed by atoms with Crippen LogP contribution in [0.2, 0.25) is 5.02 Å². The topological polar surface area (TPSA) is 93.7 Å². The van der Waals surface area contributed by atoms with Gasteiger partial charge in [-0.25, -0.2) is 12.8 Å². The molecule has 0 aliphatic rings. The van der Waals surface area contributed by atoms with Crippen LogP contribution in [0.5, 0.6) is 11.5 Å². The summed E-state index contributed by atoms with van der Waals surface area (Å²) in [6.45, 7) is 1.68. The first-order valence-corrected chi connectivity index (χ1v) is 11.1. The first kappa shape index (κ1) is 23.4. The summed E-state index contributed by atoms with van der Waals surface area (Å²) in [7, 11) is -1.16. The summed E-state index contributed by atoms with van der Waals surface area (Å²) in [6.07, 6.45) is 0. The van der Waals surface area contributed by atoms with E-state index < -0.39 is 21.7 Å². The van der Waals surface area contributed by atoms with Gasteiger partial charge in [-0.05, 0) is 48.9 Å². The highest BCUT2D eigenvalue weighted by Gasteiger charge is 2.20. The molecular formula is C22H20ClFN2O5S. The summed E-state index contributed by atoms with van der Waals surface area (Å²) in [5.74, 6) is -0.400. The van der Waals surface area contributed by atoms with Crippen LogP contribution in [0.3, 0.4) is 0 Å². The van der Waals surface area contributed by atoms with Gasteiger partial charge in [0, 0.05) is 23.4 Å². The predicted octanol–water partition coefficient (Wildman–Crippen LogP) is 4.86. The second kappa shape index (κ2) is 9.46. The Bertz CT molecular complexity index is 1260. The fraction of sp³-hybridized carbons (Fsp3) is 0.136. The largest absolute Gasteiger partial charge is 0.495 e. The summed E-state index contributed by atoms with van der Waals surface area (Å²) in [4.78, 5) is 12.8. The number of sulfonamides is 1. The minimum atomic E-state index is -4.02. The quantitative estimate of drug-likeness (QED) is 0.506. The molecule has 3 rings (SSSR count). The SMILES string of the molecule is COc1cc(NC(=O)c2cc(S(=O)(=O)Nc3ccc(F)cc3)ccc2C)c(OC)cc1Cl. The molecule has 1 amide bonds. The van der Waals surface area contributed by atoms with Crippen molar-refractivity contribution in [1.82, 2.24) is 0 Å². The highest BCUT2D eigenvalue weighted by molar-refractivity contribution is 7.92. The van der Waals surface area contributed by atoms with E-state index in [1.165, 1.54) is 56.7 Å². The molecule has 0 radical (unpaired) electrons. The number of hydrogen-bond donors (Lipinski definition) is 2. The molecule has 0 heterocycles. The van der Waals surface area contributed by atoms with Crippen molar-refractivity contribution in [1.29, 1.82) is 0 Å². The zero-order valence-corrected chi connectivity index (χ0v) is 19.0. The second-order valence-corrected chi connectivity index (χ2v) is 8.82. The molecule has 10 heteroatoms. The Morgan fingerprint density at radius 2 is 1.62 bits per heavy atom. The maximum Gasteiger partial charge on any atom is 0.261 e. The molecule has 0 spiro atoms. The molecular weight excluding hydrogens is 459 g/mol. The van der Waals surface area contributed by atoms with Crippen LogP contribution in [0, 0.1) is 12.7 Å². The summed E-state index contributed by atoms with van der Waals surface area (Å²) >= 11 is 6.09. The van der Waals surface area contributed by atoms with Gasteiger partial charge in [0.2, 0.25) is 0 Å². The van der Waals surface area contributed by atoms with Gasteiger partial charge in [-0.1, -0.05) is 17.7 Å². The molecule has 0 aromatic heterocycles. The molecule has 7 nitrogen and oxygen atoms in total. The van der Waals surface area contributed by atoms with Gasteiger partial charge in [-0.3, -0.25) is 9.52 Å². The van der Waals surface area contributed by atoms with Gasteiger partial charge in [-0.15, -0.1) is 0 Å². The average molecular weight is 479 g/mol. The van der Waals surface area contributed by atoms with Gasteiger partial charge >= 0.3 is 0 Å². The Morgan fingerprint density at radius 1 is 0.969 bits per heavy atom. The number of aryl methyl sites for hydroxylation is 1. The molecule has 32 heavy (non-hydrogen) atoms. The number of halogens is 2. The predicted molar refractivity (Wildman–Crippen MR) is 121 cm³/mol. The van der Waals surface area contributed by atoms with Gasteiger partial charge in [0.15, 0.2) is 0 Å². The Hall–Kier alpha value is -3.30. The van der Waals surface area contributed by atoms with Crippen molar-refractivity contribution in [3.8, 4) is 11.5 Å². The number of carbonyl (C=O) groups is 1. The monoisotopic (exact) mass is 478 g/mol. The molecule has 168 valence electrons. The smallest absolute Gasteiger partial charge is 0.261 e. The van der Waals surface area contributed by atoms with Gasteiger partial charge in [0.05, 0.1) is 29.8 Å². The summed E-state index contributed by atoms with van der Waals surface area (Å²) in [6, 6.07) is 12.0. The van der Waals surface area contributed by atoms with Crippen LogP contribution in [0.1, 0.15) is 15.9 Å². The summed E-state index contributed by atoms with van der Waals surface area (Å²) < 4.78 is 51.4. The lowest BCUT2D eigenvalue weighted by molar-refractivity contribution is 0.102. The molecule has 0 fully saturated rings. The summed E-state index contributed by atoms with van der Waals surface area (Å²) in [5.41, 5.74) is 1.19. The first-order chi connectivity index (χ1) is 15.1. The molecule has 3 aromatic carbocycles. The Balaban J connectivity index is 1.92. The standard InChI is InChI=1S/C22H20ClFN2O5S/c1-13-4-9-16(32(28,29)26-15-7-5-14(24)6-8-15)10-17(13)22(27)25-19-12-20(30-2)18(23)11-21(19)31-3/h4-12,26H,1-3H3,(H,25,27). The van der Waals surface area contributed by atoms with Crippen LogP contribution in [0.4, 0.5) is 15.8 Å². The van der Waals surface area contributed by atoms with E-state index in [4.69, 9.17) is 21.1 Å². The van der Waals surface area contributed by atoms with Crippen LogP contribution in [0.25, 0.3) is 0 Å². The van der Waals surface area contributed by atoms with Crippen molar-refractivity contribution in [2.45, 2.75) is 11.8 Å². The van der Waals surface area contributed by atoms with E-state index in [1.807, 2.05) is 0 Å². The number of amides is 1. The van der Waals surface area contributed by atoms with E-state index in [2.05, 4.69) is 10.0 Å². The van der Waals surface area contributed by atoms with Crippen LogP contribution in [-0.4, -0.2) is 28.5 Å². The molecule has 0 atom stereocenters. The van der Waals surface area contributed by atoms with Crippen LogP contribution < -0.4 is 19.5 Å². The maximum absolute atomic E-state index is 13.1. The van der Waals surface area contributed by atoms with Crippen molar-refractivity contribution in [2.75, 3.05) is 24.3 Å². The van der Waals surface area contributed by atoms with Crippen molar-refractivity contribution < 1.29 is 27.1 Å². The van der Waals surface area contributed by atoms with Crippen LogP contribution >= 0.6 is 11.6 Å². The number of anilines is 2. The van der Waals surface area contributed by atoms with E-state index in [0.29, 0.717) is 27.8 Å². The van der Waals surface area contributed by atoms with Crippen LogP contribution in [0.15, 0.2) is 59.5 Å². The normalized spacial score (nSPS) is 11.0. The molecule has 0 aliphatic carbocycles. The molecule has 0 saturated carbocycles. The minimum Gasteiger partial charge on any atom is -0.495 e. The highest BCUT2D eigenvalue weighted by Crippen LogP contribution is 2.36. The first-order valence-electron chi connectivity index (χ1n) is 9.26. The maximum atomic E-state index is 13.1. The number of carbonyl (C=O) groups excluding carboxylic acids is 1. The van der Waals surface area contributed by atoms with E-state index in [0.717, 1.165) is 12.1 Å². The lowest BCUT2D eigenvalue weighted by Gasteiger charge is -2.15. The molecule has 0 saturated heterocycles. The van der Waals surface area contributed by atoms with Crippen molar-refractivity contribution in [3.05, 3.63) is 76.6 Å².